The van der Waals surface area contributed by atoms with Gasteiger partial charge in [0.2, 0.25) is 0 Å². The number of non-ortho nitro benzene ring substituents is 1. The summed E-state index contributed by atoms with van der Waals surface area (Å²) in [6, 6.07) is 13.8. The quantitative estimate of drug-likeness (QED) is 0.498. The molecule has 0 unspecified atom stereocenters. The molecule has 0 spiro atoms. The number of nitro benzene ring substituents is 1. The molecule has 0 saturated heterocycles. The molecule has 2 aromatic rings. The zero-order valence-corrected chi connectivity index (χ0v) is 13.0. The Bertz CT molecular complexity index is 699. The number of carbonyl (C=O) groups is 1. The Balaban J connectivity index is 2.26. The molecule has 0 saturated carbocycles. The first-order chi connectivity index (χ1) is 11.0. The second-order valence-electron chi connectivity index (χ2n) is 5.28. The second kappa shape index (κ2) is 7.40. The van der Waals surface area contributed by atoms with E-state index in [4.69, 9.17) is 4.74 Å². The van der Waals surface area contributed by atoms with Crippen LogP contribution in [0.15, 0.2) is 48.5 Å². The fourth-order valence-corrected chi connectivity index (χ4v) is 2.04. The number of esters is 1. The summed E-state index contributed by atoms with van der Waals surface area (Å²) in [5.74, 6) is -0.584. The number of carbonyl (C=O) groups excluding carboxylic acids is 1. The van der Waals surface area contributed by atoms with Crippen LogP contribution in [0.2, 0.25) is 0 Å². The van der Waals surface area contributed by atoms with E-state index < -0.39 is 10.9 Å². The highest BCUT2D eigenvalue weighted by Gasteiger charge is 2.18. The monoisotopic (exact) mass is 314 g/mol. The van der Waals surface area contributed by atoms with Gasteiger partial charge in [-0.15, -0.1) is 0 Å². The summed E-state index contributed by atoms with van der Waals surface area (Å²) in [6.07, 6.45) is -0.302. The van der Waals surface area contributed by atoms with Crippen LogP contribution in [-0.2, 0) is 11.3 Å². The van der Waals surface area contributed by atoms with Gasteiger partial charge in [-0.05, 0) is 25.5 Å². The average molecular weight is 314 g/mol. The highest BCUT2D eigenvalue weighted by Crippen LogP contribution is 2.24. The van der Waals surface area contributed by atoms with Gasteiger partial charge in [0, 0.05) is 24.4 Å². The van der Waals surface area contributed by atoms with Gasteiger partial charge in [0.15, 0.2) is 0 Å². The van der Waals surface area contributed by atoms with Gasteiger partial charge in [0.1, 0.15) is 0 Å². The van der Waals surface area contributed by atoms with Crippen LogP contribution in [0.4, 0.5) is 11.4 Å². The van der Waals surface area contributed by atoms with Gasteiger partial charge in [-0.25, -0.2) is 4.79 Å². The molecule has 6 nitrogen and oxygen atoms in total. The number of ether oxygens (including phenoxy) is 1. The van der Waals surface area contributed by atoms with Crippen LogP contribution in [0.25, 0.3) is 0 Å². The van der Waals surface area contributed by atoms with Crippen molar-refractivity contribution in [3.05, 3.63) is 69.8 Å². The summed E-state index contributed by atoms with van der Waals surface area (Å²) in [7, 11) is 0. The van der Waals surface area contributed by atoms with Crippen molar-refractivity contribution in [1.29, 1.82) is 0 Å². The van der Waals surface area contributed by atoms with Crippen molar-refractivity contribution in [3.63, 3.8) is 0 Å². The minimum absolute atomic E-state index is 0.147. The van der Waals surface area contributed by atoms with E-state index in [1.807, 2.05) is 30.3 Å². The summed E-state index contributed by atoms with van der Waals surface area (Å²) < 4.78 is 5.16. The van der Waals surface area contributed by atoms with Crippen LogP contribution >= 0.6 is 0 Å². The Morgan fingerprint density at radius 3 is 2.52 bits per heavy atom. The maximum absolute atomic E-state index is 12.2. The first kappa shape index (κ1) is 16.5. The largest absolute Gasteiger partial charge is 0.459 e. The van der Waals surface area contributed by atoms with Gasteiger partial charge in [0.25, 0.3) is 5.69 Å². The molecule has 6 heteroatoms. The molecule has 0 atom stereocenters. The molecule has 120 valence electrons. The Kier molecular flexibility index (Phi) is 5.30. The van der Waals surface area contributed by atoms with Gasteiger partial charge >= 0.3 is 5.97 Å². The van der Waals surface area contributed by atoms with Crippen LogP contribution in [-0.4, -0.2) is 17.0 Å². The molecule has 0 bridgehead atoms. The van der Waals surface area contributed by atoms with Crippen molar-refractivity contribution < 1.29 is 14.5 Å². The molecule has 0 heterocycles. The van der Waals surface area contributed by atoms with Gasteiger partial charge in [0.05, 0.1) is 16.6 Å². The standard InChI is InChI=1S/C17H18N2O4/c1-12(2)23-17(20)15-10-14(19(21)22)8-9-16(15)18-11-13-6-4-3-5-7-13/h3-10,12,18H,11H2,1-2H3. The van der Waals surface area contributed by atoms with E-state index in [2.05, 4.69) is 5.32 Å². The molecule has 2 aromatic carbocycles. The SMILES string of the molecule is CC(C)OC(=O)c1cc([N+](=O)[O-])ccc1NCc1ccccc1. The number of nitrogens with one attached hydrogen (secondary N) is 1. The summed E-state index contributed by atoms with van der Waals surface area (Å²) in [4.78, 5) is 22.6. The highest BCUT2D eigenvalue weighted by molar-refractivity contribution is 5.96. The average Bonchev–Trinajstić information content (AvgIpc) is 2.53. The zero-order valence-electron chi connectivity index (χ0n) is 13.0. The van der Waals surface area contributed by atoms with E-state index in [1.54, 1.807) is 13.8 Å². The van der Waals surface area contributed by atoms with Crippen molar-refractivity contribution in [2.24, 2.45) is 0 Å². The summed E-state index contributed by atoms with van der Waals surface area (Å²) in [5.41, 5.74) is 1.55. The Hall–Kier alpha value is -2.89. The minimum atomic E-state index is -0.584. The third-order valence-electron chi connectivity index (χ3n) is 3.10. The van der Waals surface area contributed by atoms with Gasteiger partial charge < -0.3 is 10.1 Å². The number of hydrogen-bond donors (Lipinski definition) is 1. The smallest absolute Gasteiger partial charge is 0.340 e. The Morgan fingerprint density at radius 1 is 1.22 bits per heavy atom. The number of nitro groups is 1. The van der Waals surface area contributed by atoms with Crippen LogP contribution in [0, 0.1) is 10.1 Å². The van der Waals surface area contributed by atoms with Crippen LogP contribution in [0.3, 0.4) is 0 Å². The number of anilines is 1. The van der Waals surface area contributed by atoms with Crippen LogP contribution in [0.5, 0.6) is 0 Å². The normalized spacial score (nSPS) is 10.4. The van der Waals surface area contributed by atoms with E-state index in [-0.39, 0.29) is 17.4 Å². The first-order valence-electron chi connectivity index (χ1n) is 7.24. The van der Waals surface area contributed by atoms with Crippen molar-refractivity contribution in [1.82, 2.24) is 0 Å². The van der Waals surface area contributed by atoms with Crippen molar-refractivity contribution >= 4 is 17.3 Å². The first-order valence-corrected chi connectivity index (χ1v) is 7.24. The fraction of sp³-hybridized carbons (Fsp3) is 0.235. The molecule has 23 heavy (non-hydrogen) atoms. The van der Waals surface area contributed by atoms with E-state index in [9.17, 15) is 14.9 Å². The highest BCUT2D eigenvalue weighted by atomic mass is 16.6. The summed E-state index contributed by atoms with van der Waals surface area (Å²) in [6.45, 7) is 3.96. The van der Waals surface area contributed by atoms with Crippen molar-refractivity contribution in [2.45, 2.75) is 26.5 Å². The molecule has 2 rings (SSSR count). The van der Waals surface area contributed by atoms with Gasteiger partial charge in [-0.3, -0.25) is 10.1 Å². The Morgan fingerprint density at radius 2 is 1.91 bits per heavy atom. The van der Waals surface area contributed by atoms with E-state index in [0.717, 1.165) is 5.56 Å². The number of hydrogen-bond acceptors (Lipinski definition) is 5. The fourth-order valence-electron chi connectivity index (χ4n) is 2.04. The molecule has 0 amide bonds. The minimum Gasteiger partial charge on any atom is -0.459 e. The Labute approximate surface area is 134 Å². The molecule has 0 aliphatic carbocycles. The lowest BCUT2D eigenvalue weighted by Crippen LogP contribution is -2.14. The van der Waals surface area contributed by atoms with E-state index >= 15 is 0 Å². The summed E-state index contributed by atoms with van der Waals surface area (Å²) >= 11 is 0. The molecule has 0 aliphatic rings. The molecule has 0 radical (unpaired) electrons. The molecule has 1 N–H and O–H groups in total. The number of benzene rings is 2. The third-order valence-corrected chi connectivity index (χ3v) is 3.10. The third kappa shape index (κ3) is 4.54. The lowest BCUT2D eigenvalue weighted by Gasteiger charge is -2.13. The van der Waals surface area contributed by atoms with Crippen LogP contribution in [0.1, 0.15) is 29.8 Å². The maximum atomic E-state index is 12.2. The lowest BCUT2D eigenvalue weighted by molar-refractivity contribution is -0.384. The zero-order chi connectivity index (χ0) is 16.8. The number of rotatable bonds is 6. The van der Waals surface area contributed by atoms with Crippen molar-refractivity contribution in [2.75, 3.05) is 5.32 Å². The lowest BCUT2D eigenvalue weighted by atomic mass is 10.1. The molecular formula is C17H18N2O4. The van der Waals surface area contributed by atoms with Gasteiger partial charge in [-0.1, -0.05) is 30.3 Å². The van der Waals surface area contributed by atoms with Crippen molar-refractivity contribution in [3.8, 4) is 0 Å². The maximum Gasteiger partial charge on any atom is 0.340 e. The topological polar surface area (TPSA) is 81.5 Å². The molecule has 0 aliphatic heterocycles. The number of nitrogens with zero attached hydrogens (tertiary/aromatic N) is 1. The molecule has 0 fully saturated rings. The molecular weight excluding hydrogens is 296 g/mol. The second-order valence-corrected chi connectivity index (χ2v) is 5.28. The predicted octanol–water partition coefficient (Wildman–Crippen LogP) is 3.77. The van der Waals surface area contributed by atoms with E-state index in [1.165, 1.54) is 18.2 Å². The van der Waals surface area contributed by atoms with Crippen LogP contribution < -0.4 is 5.32 Å². The van der Waals surface area contributed by atoms with E-state index in [0.29, 0.717) is 12.2 Å². The van der Waals surface area contributed by atoms with Gasteiger partial charge in [-0.2, -0.15) is 0 Å². The molecule has 0 aromatic heterocycles. The summed E-state index contributed by atoms with van der Waals surface area (Å²) in [5, 5.41) is 14.0. The predicted molar refractivity (Wildman–Crippen MR) is 87.4 cm³/mol.